The fraction of sp³-hybridized carbons (Fsp3) is 0.576. The molecule has 2 aromatic carbocycles. The molecule has 12 heteroatoms. The van der Waals surface area contributed by atoms with Gasteiger partial charge in [0.15, 0.2) is 0 Å². The van der Waals surface area contributed by atoms with Crippen LogP contribution in [0.4, 0.5) is 0 Å². The Labute approximate surface area is 280 Å². The second-order valence-electron chi connectivity index (χ2n) is 13.1. The highest BCUT2D eigenvalue weighted by Gasteiger charge is 2.26. The van der Waals surface area contributed by atoms with Gasteiger partial charge in [0.25, 0.3) is 11.8 Å². The topological polar surface area (TPSA) is 117 Å². The minimum atomic E-state index is -0.761. The first kappa shape index (κ1) is 38.7. The van der Waals surface area contributed by atoms with Gasteiger partial charge in [0.1, 0.15) is 50.0 Å². The summed E-state index contributed by atoms with van der Waals surface area (Å²) in [6.07, 6.45) is 0.698. The number of quaternary nitrogens is 2. The zero-order valence-electron chi connectivity index (χ0n) is 27.7. The summed E-state index contributed by atoms with van der Waals surface area (Å²) in [5.41, 5.74) is 7.71. The Hall–Kier alpha value is -2.48. The van der Waals surface area contributed by atoms with Crippen molar-refractivity contribution < 1.29 is 38.5 Å². The number of hydrogen-bond donors (Lipinski definition) is 6. The quantitative estimate of drug-likeness (QED) is 0.0736. The molecule has 2 rings (SSSR count). The molecule has 0 saturated carbocycles. The minimum Gasteiger partial charge on any atom is -0.491 e. The van der Waals surface area contributed by atoms with E-state index in [4.69, 9.17) is 9.47 Å². The Morgan fingerprint density at radius 1 is 0.711 bits per heavy atom. The van der Waals surface area contributed by atoms with Crippen LogP contribution < -0.4 is 20.3 Å². The number of thiol groups is 2. The first-order valence-corrected chi connectivity index (χ1v) is 16.7. The number of ether oxygens (including phenoxy) is 2. The van der Waals surface area contributed by atoms with Crippen LogP contribution >= 0.6 is 25.3 Å². The number of aliphatic hydroxyl groups is 2. The normalized spacial score (nSPS) is 13.6. The number of likely N-dealkylation sites (N-methyl/N-ethyl adjacent to an activating group) is 2. The molecule has 2 aromatic rings. The molecule has 2 amide bonds. The van der Waals surface area contributed by atoms with E-state index in [2.05, 4.69) is 50.0 Å². The van der Waals surface area contributed by atoms with Gasteiger partial charge < -0.3 is 19.7 Å². The van der Waals surface area contributed by atoms with Gasteiger partial charge in [0, 0.05) is 18.3 Å². The molecule has 0 aliphatic rings. The number of nitrogens with one attached hydrogen (secondary N) is 2. The van der Waals surface area contributed by atoms with Crippen molar-refractivity contribution in [3.63, 3.8) is 0 Å². The molecular weight excluding hydrogens is 613 g/mol. The van der Waals surface area contributed by atoms with Crippen molar-refractivity contribution in [2.75, 3.05) is 66.0 Å². The summed E-state index contributed by atoms with van der Waals surface area (Å²) in [6.45, 7) is 5.11. The lowest BCUT2D eigenvalue weighted by Crippen LogP contribution is -2.58. The molecule has 4 N–H and O–H groups in total. The van der Waals surface area contributed by atoms with Gasteiger partial charge in [-0.25, -0.2) is 20.0 Å². The average Bonchev–Trinajstić information content (AvgIpc) is 2.96. The molecule has 45 heavy (non-hydrogen) atoms. The molecule has 2 unspecified atom stereocenters. The lowest BCUT2D eigenvalue weighted by Gasteiger charge is -2.31. The molecule has 252 valence electrons. The molecule has 0 saturated heterocycles. The lowest BCUT2D eigenvalue weighted by atomic mass is 9.78. The smallest absolute Gasteiger partial charge is 0.265 e. The number of rotatable bonds is 20. The monoisotopic (exact) mass is 666 g/mol. The van der Waals surface area contributed by atoms with Crippen LogP contribution in [0.2, 0.25) is 0 Å². The molecule has 0 spiro atoms. The Kier molecular flexibility index (Phi) is 15.5. The number of carbonyl (C=O) groups excluding carboxylic acids is 2. The standard InChI is InChI=1S/C33H52N4O6S2/c1-33(2,25-11-15-29(16-12-25)42-23-27(38)21-36(3,4)34-31(40)9-7-19-44)26-13-17-30(18-14-26)43-24-28(39)22-37(5,6)35-32(41)10-8-20-45/h11-18,27-28,38-39H,7-10,19-24H2,1-6H3,(H2-2,34,35,40,41,44,45)/p+2. The van der Waals surface area contributed by atoms with Crippen molar-refractivity contribution in [1.82, 2.24) is 10.9 Å². The van der Waals surface area contributed by atoms with Crippen molar-refractivity contribution in [3.05, 3.63) is 59.7 Å². The van der Waals surface area contributed by atoms with Crippen molar-refractivity contribution in [1.29, 1.82) is 0 Å². The third-order valence-corrected chi connectivity index (χ3v) is 7.98. The van der Waals surface area contributed by atoms with Gasteiger partial charge >= 0.3 is 0 Å². The second kappa shape index (κ2) is 18.0. The van der Waals surface area contributed by atoms with Gasteiger partial charge in [-0.05, 0) is 59.7 Å². The van der Waals surface area contributed by atoms with E-state index in [1.807, 2.05) is 76.7 Å². The molecule has 0 fully saturated rings. The predicted octanol–water partition coefficient (Wildman–Crippen LogP) is 3.13. The zero-order chi connectivity index (χ0) is 33.7. The SMILES string of the molecule is CC(C)(c1ccc(OCC(O)C[N+](C)(C)NC(=O)CCCS)cc1)c1ccc(OCC(O)C[N+](C)(C)NC(=O)CCCS)cc1. The molecule has 0 aliphatic heterocycles. The van der Waals surface area contributed by atoms with Gasteiger partial charge in [-0.15, -0.1) is 0 Å². The van der Waals surface area contributed by atoms with Crippen LogP contribution in [0.3, 0.4) is 0 Å². The molecule has 0 radical (unpaired) electrons. The summed E-state index contributed by atoms with van der Waals surface area (Å²) in [5, 5.41) is 21.0. The van der Waals surface area contributed by atoms with Gasteiger partial charge in [-0.2, -0.15) is 25.3 Å². The summed E-state index contributed by atoms with van der Waals surface area (Å²) < 4.78 is 12.0. The van der Waals surface area contributed by atoms with E-state index in [9.17, 15) is 19.8 Å². The Balaban J connectivity index is 1.87. The van der Waals surface area contributed by atoms with Crippen LogP contribution in [0.1, 0.15) is 50.7 Å². The third kappa shape index (κ3) is 14.2. The number of aliphatic hydroxyl groups excluding tert-OH is 2. The highest BCUT2D eigenvalue weighted by atomic mass is 32.1. The van der Waals surface area contributed by atoms with E-state index in [0.717, 1.165) is 11.1 Å². The maximum Gasteiger partial charge on any atom is 0.265 e. The van der Waals surface area contributed by atoms with Crippen LogP contribution in [0.25, 0.3) is 0 Å². The van der Waals surface area contributed by atoms with Gasteiger partial charge in [-0.3, -0.25) is 9.59 Å². The van der Waals surface area contributed by atoms with Crippen molar-refractivity contribution in [2.45, 2.75) is 57.2 Å². The third-order valence-electron chi connectivity index (χ3n) is 7.35. The molecule has 2 atom stereocenters. The predicted molar refractivity (Wildman–Crippen MR) is 184 cm³/mol. The number of benzene rings is 2. The molecule has 0 bridgehead atoms. The molecule has 0 aromatic heterocycles. The maximum atomic E-state index is 12.1. The lowest BCUT2D eigenvalue weighted by molar-refractivity contribution is -0.928. The zero-order valence-corrected chi connectivity index (χ0v) is 29.4. The van der Waals surface area contributed by atoms with E-state index in [1.165, 1.54) is 0 Å². The van der Waals surface area contributed by atoms with E-state index in [1.54, 1.807) is 0 Å². The van der Waals surface area contributed by atoms with Crippen molar-refractivity contribution in [2.24, 2.45) is 0 Å². The minimum absolute atomic E-state index is 0.0701. The molecular formula is C33H54N4O6S2+2. The molecule has 0 aliphatic carbocycles. The van der Waals surface area contributed by atoms with Crippen LogP contribution in [0.5, 0.6) is 11.5 Å². The number of carbonyl (C=O) groups is 2. The van der Waals surface area contributed by atoms with E-state index in [0.29, 0.717) is 61.8 Å². The van der Waals surface area contributed by atoms with Crippen LogP contribution in [0.15, 0.2) is 48.5 Å². The Bertz CT molecular complexity index is 1100. The molecule has 10 nitrogen and oxygen atoms in total. The van der Waals surface area contributed by atoms with Crippen molar-refractivity contribution >= 4 is 37.1 Å². The van der Waals surface area contributed by atoms with E-state index >= 15 is 0 Å². The van der Waals surface area contributed by atoms with Gasteiger partial charge in [-0.1, -0.05) is 38.1 Å². The first-order chi connectivity index (χ1) is 21.1. The average molecular weight is 667 g/mol. The maximum absolute atomic E-state index is 12.1. The second-order valence-corrected chi connectivity index (χ2v) is 14.0. The summed E-state index contributed by atoms with van der Waals surface area (Å²) in [5.74, 6) is 2.47. The van der Waals surface area contributed by atoms with Gasteiger partial charge in [0.05, 0.1) is 28.2 Å². The van der Waals surface area contributed by atoms with Crippen LogP contribution in [0, 0.1) is 0 Å². The summed E-state index contributed by atoms with van der Waals surface area (Å²) in [7, 11) is 7.33. The number of amides is 2. The largest absolute Gasteiger partial charge is 0.491 e. The number of hydrogen-bond acceptors (Lipinski definition) is 8. The highest BCUT2D eigenvalue weighted by molar-refractivity contribution is 7.80. The first-order valence-electron chi connectivity index (χ1n) is 15.4. The fourth-order valence-corrected chi connectivity index (χ4v) is 5.32. The Morgan fingerprint density at radius 2 is 1.04 bits per heavy atom. The Morgan fingerprint density at radius 3 is 1.36 bits per heavy atom. The highest BCUT2D eigenvalue weighted by Crippen LogP contribution is 2.33. The summed E-state index contributed by atoms with van der Waals surface area (Å²) in [6, 6.07) is 15.6. The fourth-order valence-electron chi connectivity index (χ4n) is 5.00. The van der Waals surface area contributed by atoms with E-state index in [-0.39, 0.29) is 39.6 Å². The van der Waals surface area contributed by atoms with E-state index < -0.39 is 12.2 Å². The molecule has 0 heterocycles. The van der Waals surface area contributed by atoms with Crippen molar-refractivity contribution in [3.8, 4) is 11.5 Å². The number of nitrogens with zero attached hydrogens (tertiary/aromatic N) is 2. The summed E-state index contributed by atoms with van der Waals surface area (Å²) in [4.78, 5) is 24.1. The van der Waals surface area contributed by atoms with Gasteiger partial charge in [0.2, 0.25) is 0 Å². The van der Waals surface area contributed by atoms with Crippen LogP contribution in [-0.2, 0) is 15.0 Å². The van der Waals surface area contributed by atoms with Crippen LogP contribution in [-0.4, -0.2) is 109 Å². The summed E-state index contributed by atoms with van der Waals surface area (Å²) >= 11 is 8.28.